The monoisotopic (exact) mass is 304 g/mol. The molecule has 0 saturated carbocycles. The van der Waals surface area contributed by atoms with Crippen LogP contribution in [0, 0.1) is 6.92 Å². The molecule has 1 amide bonds. The fourth-order valence-electron chi connectivity index (χ4n) is 2.85. The predicted molar refractivity (Wildman–Crippen MR) is 82.3 cm³/mol. The Hall–Kier alpha value is -1.69. The van der Waals surface area contributed by atoms with Gasteiger partial charge in [0.2, 0.25) is 5.91 Å². The van der Waals surface area contributed by atoms with Crippen LogP contribution in [-0.4, -0.2) is 39.1 Å². The molecule has 1 N–H and O–H groups in total. The first-order valence-electron chi connectivity index (χ1n) is 7.39. The molecule has 3 rings (SSSR count). The summed E-state index contributed by atoms with van der Waals surface area (Å²) in [5.41, 5.74) is 5.00. The number of H-pyrrole nitrogens is 1. The van der Waals surface area contributed by atoms with Gasteiger partial charge in [-0.3, -0.25) is 9.89 Å². The zero-order valence-electron chi connectivity index (χ0n) is 12.2. The van der Waals surface area contributed by atoms with Crippen LogP contribution >= 0.6 is 11.3 Å². The number of hydrogen-bond acceptors (Lipinski definition) is 4. The average Bonchev–Trinajstić information content (AvgIpc) is 3.16. The Morgan fingerprint density at radius 2 is 2.48 bits per heavy atom. The Kier molecular flexibility index (Phi) is 4.34. The van der Waals surface area contributed by atoms with Crippen molar-refractivity contribution in [2.75, 3.05) is 13.1 Å². The lowest BCUT2D eigenvalue weighted by Gasteiger charge is -2.32. The van der Waals surface area contributed by atoms with Crippen LogP contribution in [0.5, 0.6) is 0 Å². The van der Waals surface area contributed by atoms with E-state index in [9.17, 15) is 4.79 Å². The molecule has 0 bridgehead atoms. The fourth-order valence-corrected chi connectivity index (χ4v) is 3.44. The second kappa shape index (κ2) is 6.39. The molecule has 0 unspecified atom stereocenters. The quantitative estimate of drug-likeness (QED) is 0.944. The van der Waals surface area contributed by atoms with Crippen molar-refractivity contribution < 1.29 is 4.79 Å². The first-order chi connectivity index (χ1) is 10.2. The molecule has 5 nitrogen and oxygen atoms in total. The van der Waals surface area contributed by atoms with Gasteiger partial charge in [0.15, 0.2) is 0 Å². The maximum Gasteiger partial charge on any atom is 0.222 e. The van der Waals surface area contributed by atoms with Gasteiger partial charge in [-0.25, -0.2) is 4.98 Å². The number of aromatic nitrogens is 3. The van der Waals surface area contributed by atoms with Gasteiger partial charge in [0.1, 0.15) is 0 Å². The first kappa shape index (κ1) is 14.3. The van der Waals surface area contributed by atoms with Crippen LogP contribution in [0.3, 0.4) is 0 Å². The number of aromatic amines is 1. The minimum atomic E-state index is 0.236. The Bertz CT molecular complexity index is 593. The smallest absolute Gasteiger partial charge is 0.222 e. The summed E-state index contributed by atoms with van der Waals surface area (Å²) in [4.78, 5) is 18.6. The van der Waals surface area contributed by atoms with E-state index >= 15 is 0 Å². The van der Waals surface area contributed by atoms with Crippen molar-refractivity contribution in [3.63, 3.8) is 0 Å². The number of rotatable bonds is 4. The van der Waals surface area contributed by atoms with E-state index in [0.29, 0.717) is 12.3 Å². The molecule has 1 atom stereocenters. The molecular weight excluding hydrogens is 284 g/mol. The van der Waals surface area contributed by atoms with Crippen LogP contribution in [-0.2, 0) is 11.2 Å². The van der Waals surface area contributed by atoms with Crippen LogP contribution in [0.25, 0.3) is 0 Å². The van der Waals surface area contributed by atoms with Gasteiger partial charge >= 0.3 is 0 Å². The number of nitrogens with one attached hydrogen (secondary N) is 1. The largest absolute Gasteiger partial charge is 0.342 e. The average molecular weight is 304 g/mol. The molecule has 2 aromatic heterocycles. The molecular formula is C15H20N4OS. The number of piperidine rings is 1. The number of nitrogens with zero attached hydrogens (tertiary/aromatic N) is 3. The molecule has 1 fully saturated rings. The van der Waals surface area contributed by atoms with Gasteiger partial charge in [-0.2, -0.15) is 5.10 Å². The van der Waals surface area contributed by atoms with E-state index in [1.165, 1.54) is 0 Å². The third kappa shape index (κ3) is 3.50. The molecule has 1 aliphatic heterocycles. The minimum Gasteiger partial charge on any atom is -0.342 e. The van der Waals surface area contributed by atoms with E-state index in [2.05, 4.69) is 21.2 Å². The molecule has 112 valence electrons. The van der Waals surface area contributed by atoms with Crippen LogP contribution < -0.4 is 0 Å². The van der Waals surface area contributed by atoms with Crippen molar-refractivity contribution in [1.82, 2.24) is 20.1 Å². The lowest BCUT2D eigenvalue weighted by atomic mass is 9.94. The van der Waals surface area contributed by atoms with Gasteiger partial charge in [-0.1, -0.05) is 0 Å². The standard InChI is InChI=1S/C15H20N4OS/c1-11-7-14(18-17-11)12-3-2-6-19(8-12)15(20)5-4-13-9-21-10-16-13/h7,9-10,12H,2-6,8H2,1H3,(H,17,18)/t12-/m1/s1. The number of likely N-dealkylation sites (tertiary alicyclic amines) is 1. The molecule has 21 heavy (non-hydrogen) atoms. The number of carbonyl (C=O) groups is 1. The van der Waals surface area contributed by atoms with Crippen molar-refractivity contribution in [2.45, 2.75) is 38.5 Å². The number of aryl methyl sites for hydroxylation is 2. The second-order valence-electron chi connectivity index (χ2n) is 5.63. The fraction of sp³-hybridized carbons (Fsp3) is 0.533. The Balaban J connectivity index is 1.56. The van der Waals surface area contributed by atoms with Gasteiger partial charge in [-0.05, 0) is 32.3 Å². The van der Waals surface area contributed by atoms with E-state index in [0.717, 1.165) is 49.4 Å². The van der Waals surface area contributed by atoms with E-state index in [1.807, 2.05) is 22.7 Å². The van der Waals surface area contributed by atoms with Gasteiger partial charge in [0.25, 0.3) is 0 Å². The van der Waals surface area contributed by atoms with Crippen LogP contribution in [0.15, 0.2) is 17.0 Å². The highest BCUT2D eigenvalue weighted by atomic mass is 32.1. The molecule has 2 aromatic rings. The maximum absolute atomic E-state index is 12.3. The molecule has 1 aliphatic rings. The predicted octanol–water partition coefficient (Wildman–Crippen LogP) is 2.51. The van der Waals surface area contributed by atoms with Crippen molar-refractivity contribution in [1.29, 1.82) is 0 Å². The van der Waals surface area contributed by atoms with Crippen LogP contribution in [0.1, 0.15) is 42.3 Å². The highest BCUT2D eigenvalue weighted by Crippen LogP contribution is 2.26. The summed E-state index contributed by atoms with van der Waals surface area (Å²) < 4.78 is 0. The van der Waals surface area contributed by atoms with Crippen molar-refractivity contribution >= 4 is 17.2 Å². The zero-order valence-corrected chi connectivity index (χ0v) is 13.0. The summed E-state index contributed by atoms with van der Waals surface area (Å²) in [5, 5.41) is 9.35. The topological polar surface area (TPSA) is 61.9 Å². The Labute approximate surface area is 128 Å². The molecule has 3 heterocycles. The van der Waals surface area contributed by atoms with Crippen molar-refractivity contribution in [3.8, 4) is 0 Å². The third-order valence-corrected chi connectivity index (χ3v) is 4.63. The summed E-state index contributed by atoms with van der Waals surface area (Å²) >= 11 is 1.58. The van der Waals surface area contributed by atoms with E-state index in [-0.39, 0.29) is 5.91 Å². The van der Waals surface area contributed by atoms with Gasteiger partial charge < -0.3 is 4.90 Å². The zero-order chi connectivity index (χ0) is 14.7. The van der Waals surface area contributed by atoms with Crippen molar-refractivity contribution in [2.24, 2.45) is 0 Å². The number of thiazole rings is 1. The van der Waals surface area contributed by atoms with Gasteiger partial charge in [0.05, 0.1) is 16.9 Å². The van der Waals surface area contributed by atoms with E-state index in [4.69, 9.17) is 0 Å². The highest BCUT2D eigenvalue weighted by Gasteiger charge is 2.25. The van der Waals surface area contributed by atoms with Gasteiger partial charge in [-0.15, -0.1) is 11.3 Å². The molecule has 0 spiro atoms. The number of hydrogen-bond donors (Lipinski definition) is 1. The summed E-state index contributed by atoms with van der Waals surface area (Å²) in [6.07, 6.45) is 3.46. The Morgan fingerprint density at radius 3 is 3.19 bits per heavy atom. The SMILES string of the molecule is Cc1cc([C@@H]2CCCN(C(=O)CCc3cscn3)C2)n[nH]1. The molecule has 0 aromatic carbocycles. The van der Waals surface area contributed by atoms with Crippen molar-refractivity contribution in [3.05, 3.63) is 34.0 Å². The molecule has 0 radical (unpaired) electrons. The second-order valence-corrected chi connectivity index (χ2v) is 6.35. The lowest BCUT2D eigenvalue weighted by Crippen LogP contribution is -2.39. The summed E-state index contributed by atoms with van der Waals surface area (Å²) in [5.74, 6) is 0.604. The first-order valence-corrected chi connectivity index (χ1v) is 8.33. The minimum absolute atomic E-state index is 0.236. The number of amides is 1. The van der Waals surface area contributed by atoms with Crippen LogP contribution in [0.2, 0.25) is 0 Å². The van der Waals surface area contributed by atoms with E-state index < -0.39 is 0 Å². The maximum atomic E-state index is 12.3. The summed E-state index contributed by atoms with van der Waals surface area (Å²) in [6.45, 7) is 3.67. The van der Waals surface area contributed by atoms with Gasteiger partial charge in [0, 0.05) is 36.5 Å². The molecule has 6 heteroatoms. The summed E-state index contributed by atoms with van der Waals surface area (Å²) in [6, 6.07) is 2.09. The van der Waals surface area contributed by atoms with Crippen LogP contribution in [0.4, 0.5) is 0 Å². The Morgan fingerprint density at radius 1 is 1.57 bits per heavy atom. The molecule has 0 aliphatic carbocycles. The third-order valence-electron chi connectivity index (χ3n) is 4.00. The number of carbonyl (C=O) groups excluding carboxylic acids is 1. The normalized spacial score (nSPS) is 18.9. The molecule has 1 saturated heterocycles. The highest BCUT2D eigenvalue weighted by molar-refractivity contribution is 7.07. The van der Waals surface area contributed by atoms with E-state index in [1.54, 1.807) is 11.3 Å². The summed E-state index contributed by atoms with van der Waals surface area (Å²) in [7, 11) is 0. The lowest BCUT2D eigenvalue weighted by molar-refractivity contribution is -0.132.